The second-order valence-corrected chi connectivity index (χ2v) is 4.40. The molecule has 0 saturated carbocycles. The number of hydrogen-bond donors (Lipinski definition) is 2. The van der Waals surface area contributed by atoms with Gasteiger partial charge in [-0.3, -0.25) is 9.00 Å². The number of rotatable bonds is 6. The van der Waals surface area contributed by atoms with Gasteiger partial charge in [0.25, 0.3) is 0 Å². The van der Waals surface area contributed by atoms with E-state index >= 15 is 0 Å². The summed E-state index contributed by atoms with van der Waals surface area (Å²) in [6.45, 7) is -1.19. The maximum Gasteiger partial charge on any atom is 0.405 e. The summed E-state index contributed by atoms with van der Waals surface area (Å²) in [7, 11) is -0.972. The van der Waals surface area contributed by atoms with Crippen LogP contribution in [-0.4, -0.2) is 47.9 Å². The number of alkyl halides is 3. The summed E-state index contributed by atoms with van der Waals surface area (Å²) in [5.74, 6) is -0.360. The Kier molecular flexibility index (Phi) is 6.50. The average molecular weight is 246 g/mol. The van der Waals surface area contributed by atoms with Gasteiger partial charge in [0.1, 0.15) is 6.54 Å². The van der Waals surface area contributed by atoms with Gasteiger partial charge in [-0.15, -0.1) is 0 Å². The highest BCUT2D eigenvalue weighted by Crippen LogP contribution is 2.11. The molecule has 1 atom stereocenters. The molecule has 0 aliphatic heterocycles. The first-order valence-electron chi connectivity index (χ1n) is 4.15. The number of nitrogens with one attached hydrogen (secondary N) is 2. The van der Waals surface area contributed by atoms with Gasteiger partial charge in [-0.1, -0.05) is 0 Å². The molecule has 0 spiro atoms. The molecule has 0 aromatic carbocycles. The summed E-state index contributed by atoms with van der Waals surface area (Å²) in [5.41, 5.74) is 0. The van der Waals surface area contributed by atoms with Crippen LogP contribution in [0, 0.1) is 0 Å². The Morgan fingerprint density at radius 2 is 2.00 bits per heavy atom. The SMILES string of the molecule is CS(=O)CCNCC(=O)NCC(F)(F)F. The molecule has 0 saturated heterocycles. The Labute approximate surface area is 88.1 Å². The third-order valence-electron chi connectivity index (χ3n) is 1.34. The predicted molar refractivity (Wildman–Crippen MR) is 50.9 cm³/mol. The number of carbonyl (C=O) groups excluding carboxylic acids is 1. The van der Waals surface area contributed by atoms with Crippen molar-refractivity contribution in [3.63, 3.8) is 0 Å². The van der Waals surface area contributed by atoms with E-state index in [1.165, 1.54) is 6.26 Å². The van der Waals surface area contributed by atoms with Crippen molar-refractivity contribution in [1.82, 2.24) is 10.6 Å². The maximum absolute atomic E-state index is 11.6. The lowest BCUT2D eigenvalue weighted by Gasteiger charge is -2.08. The first kappa shape index (κ1) is 14.4. The van der Waals surface area contributed by atoms with Crippen LogP contribution in [-0.2, 0) is 15.6 Å². The fourth-order valence-electron chi connectivity index (χ4n) is 0.679. The minimum absolute atomic E-state index is 0.201. The van der Waals surface area contributed by atoms with Gasteiger partial charge in [0.05, 0.1) is 6.54 Å². The van der Waals surface area contributed by atoms with Gasteiger partial charge in [0, 0.05) is 29.4 Å². The molecule has 0 fully saturated rings. The lowest BCUT2D eigenvalue weighted by molar-refractivity contribution is -0.137. The molecule has 0 aromatic rings. The van der Waals surface area contributed by atoms with E-state index in [0.717, 1.165) is 0 Å². The van der Waals surface area contributed by atoms with E-state index in [0.29, 0.717) is 12.3 Å². The zero-order chi connectivity index (χ0) is 11.9. The second-order valence-electron chi connectivity index (χ2n) is 2.85. The summed E-state index contributed by atoms with van der Waals surface area (Å²) < 4.78 is 45.5. The van der Waals surface area contributed by atoms with E-state index in [2.05, 4.69) is 5.32 Å². The average Bonchev–Trinajstić information content (AvgIpc) is 2.07. The summed E-state index contributed by atoms with van der Waals surface area (Å²) in [6.07, 6.45) is -2.88. The molecule has 0 aliphatic rings. The van der Waals surface area contributed by atoms with Crippen molar-refractivity contribution in [3.05, 3.63) is 0 Å². The van der Waals surface area contributed by atoms with Gasteiger partial charge < -0.3 is 10.6 Å². The first-order valence-corrected chi connectivity index (χ1v) is 5.88. The lowest BCUT2D eigenvalue weighted by Crippen LogP contribution is -2.39. The summed E-state index contributed by atoms with van der Waals surface area (Å²) in [6, 6.07) is 0. The van der Waals surface area contributed by atoms with E-state index in [9.17, 15) is 22.2 Å². The number of halogens is 3. The smallest absolute Gasteiger partial charge is 0.346 e. The Hall–Kier alpha value is -0.630. The van der Waals surface area contributed by atoms with Crippen molar-refractivity contribution in [2.75, 3.05) is 31.6 Å². The Morgan fingerprint density at radius 1 is 1.40 bits per heavy atom. The van der Waals surface area contributed by atoms with Crippen LogP contribution in [0.4, 0.5) is 13.2 Å². The van der Waals surface area contributed by atoms with Crippen molar-refractivity contribution < 1.29 is 22.2 Å². The van der Waals surface area contributed by atoms with Gasteiger partial charge in [-0.2, -0.15) is 13.2 Å². The number of amides is 1. The van der Waals surface area contributed by atoms with Crippen molar-refractivity contribution >= 4 is 16.7 Å². The molecule has 15 heavy (non-hydrogen) atoms. The first-order chi connectivity index (χ1) is 6.81. The molecule has 2 N–H and O–H groups in total. The molecule has 8 heteroatoms. The van der Waals surface area contributed by atoms with E-state index < -0.39 is 29.4 Å². The van der Waals surface area contributed by atoms with Crippen molar-refractivity contribution in [1.29, 1.82) is 0 Å². The van der Waals surface area contributed by atoms with Crippen LogP contribution in [0.1, 0.15) is 0 Å². The van der Waals surface area contributed by atoms with Gasteiger partial charge in [0.2, 0.25) is 5.91 Å². The maximum atomic E-state index is 11.6. The Morgan fingerprint density at radius 3 is 2.47 bits per heavy atom. The monoisotopic (exact) mass is 246 g/mol. The molecular weight excluding hydrogens is 233 g/mol. The normalized spacial score (nSPS) is 13.6. The fourth-order valence-corrected chi connectivity index (χ4v) is 1.11. The third-order valence-corrected chi connectivity index (χ3v) is 2.12. The van der Waals surface area contributed by atoms with Gasteiger partial charge in [-0.05, 0) is 0 Å². The molecule has 1 amide bonds. The highest BCUT2D eigenvalue weighted by Gasteiger charge is 2.27. The van der Waals surface area contributed by atoms with E-state index in [-0.39, 0.29) is 6.54 Å². The van der Waals surface area contributed by atoms with Crippen LogP contribution in [0.25, 0.3) is 0 Å². The van der Waals surface area contributed by atoms with Gasteiger partial charge >= 0.3 is 6.18 Å². The largest absolute Gasteiger partial charge is 0.405 e. The molecule has 0 aliphatic carbocycles. The molecule has 0 bridgehead atoms. The summed E-state index contributed by atoms with van der Waals surface area (Å²) >= 11 is 0. The molecule has 0 aromatic heterocycles. The molecule has 0 rings (SSSR count). The van der Waals surface area contributed by atoms with Crippen LogP contribution in [0.3, 0.4) is 0 Å². The topological polar surface area (TPSA) is 58.2 Å². The molecule has 0 heterocycles. The summed E-state index contributed by atoms with van der Waals surface area (Å²) in [5, 5.41) is 4.29. The molecule has 4 nitrogen and oxygen atoms in total. The second kappa shape index (κ2) is 6.78. The quantitative estimate of drug-likeness (QED) is 0.629. The van der Waals surface area contributed by atoms with Crippen molar-refractivity contribution in [2.24, 2.45) is 0 Å². The lowest BCUT2D eigenvalue weighted by atomic mass is 10.5. The zero-order valence-electron chi connectivity index (χ0n) is 8.19. The van der Waals surface area contributed by atoms with Gasteiger partial charge in [-0.25, -0.2) is 0 Å². The minimum atomic E-state index is -4.39. The zero-order valence-corrected chi connectivity index (χ0v) is 9.00. The Balaban J connectivity index is 3.46. The van der Waals surface area contributed by atoms with E-state index in [1.54, 1.807) is 5.32 Å². The molecule has 0 radical (unpaired) electrons. The predicted octanol–water partition coefficient (Wildman–Crippen LogP) is -0.367. The molecular formula is C7H13F3N2O2S. The van der Waals surface area contributed by atoms with Crippen molar-refractivity contribution in [3.8, 4) is 0 Å². The fraction of sp³-hybridized carbons (Fsp3) is 0.857. The van der Waals surface area contributed by atoms with E-state index in [4.69, 9.17) is 0 Å². The van der Waals surface area contributed by atoms with Crippen molar-refractivity contribution in [2.45, 2.75) is 6.18 Å². The molecule has 90 valence electrons. The van der Waals surface area contributed by atoms with E-state index in [1.807, 2.05) is 0 Å². The standard InChI is InChI=1S/C7H13F3N2O2S/c1-15(14)3-2-11-4-6(13)12-5-7(8,9)10/h11H,2-5H2,1H3,(H,12,13). The Bertz CT molecular complexity index is 233. The molecule has 1 unspecified atom stereocenters. The van der Waals surface area contributed by atoms with Crippen LogP contribution in [0.2, 0.25) is 0 Å². The van der Waals surface area contributed by atoms with Crippen LogP contribution in [0.5, 0.6) is 0 Å². The minimum Gasteiger partial charge on any atom is -0.346 e. The number of carbonyl (C=O) groups is 1. The van der Waals surface area contributed by atoms with Crippen LogP contribution >= 0.6 is 0 Å². The summed E-state index contributed by atoms with van der Waals surface area (Å²) in [4.78, 5) is 10.8. The van der Waals surface area contributed by atoms with Crippen LogP contribution in [0.15, 0.2) is 0 Å². The highest BCUT2D eigenvalue weighted by molar-refractivity contribution is 7.84. The third kappa shape index (κ3) is 11.3. The highest BCUT2D eigenvalue weighted by atomic mass is 32.2. The van der Waals surface area contributed by atoms with Crippen LogP contribution < -0.4 is 10.6 Å². The van der Waals surface area contributed by atoms with Gasteiger partial charge in [0.15, 0.2) is 0 Å². The number of hydrogen-bond acceptors (Lipinski definition) is 3.